The summed E-state index contributed by atoms with van der Waals surface area (Å²) in [6.45, 7) is 9.94. The maximum Gasteiger partial charge on any atom is 0.0866 e. The van der Waals surface area contributed by atoms with Crippen molar-refractivity contribution in [3.05, 3.63) is 76.1 Å². The second kappa shape index (κ2) is 14.5. The van der Waals surface area contributed by atoms with Crippen molar-refractivity contribution in [1.29, 1.82) is 0 Å². The fraction of sp³-hybridized carbons (Fsp3) is 0.564. The number of terminal acetylenes is 1. The molecule has 41 heavy (non-hydrogen) atoms. The zero-order chi connectivity index (χ0) is 29.4. The number of allylic oxidation sites excluding steroid dienone is 4. The number of benzene rings is 1. The fourth-order valence-electron chi connectivity index (χ4n) is 7.76. The smallest absolute Gasteiger partial charge is 0.0866 e. The highest BCUT2D eigenvalue weighted by atomic mass is 19.1. The number of halogens is 1. The molecule has 2 heteroatoms. The van der Waals surface area contributed by atoms with E-state index in [0.29, 0.717) is 17.3 Å². The summed E-state index contributed by atoms with van der Waals surface area (Å²) in [6.07, 6.45) is 26.2. The maximum absolute atomic E-state index is 10.3. The van der Waals surface area contributed by atoms with E-state index in [1.54, 1.807) is 11.1 Å². The lowest BCUT2D eigenvalue weighted by molar-refractivity contribution is 0.104. The van der Waals surface area contributed by atoms with Gasteiger partial charge in [0.15, 0.2) is 0 Å². The second-order valence-electron chi connectivity index (χ2n) is 12.4. The van der Waals surface area contributed by atoms with E-state index in [9.17, 15) is 4.39 Å². The van der Waals surface area contributed by atoms with Crippen LogP contribution in [0, 0.1) is 17.8 Å². The Balaban J connectivity index is 0.000000728. The predicted molar refractivity (Wildman–Crippen MR) is 174 cm³/mol. The van der Waals surface area contributed by atoms with Crippen LogP contribution in [0.3, 0.4) is 0 Å². The summed E-state index contributed by atoms with van der Waals surface area (Å²) in [6, 6.07) is 11.2. The molecule has 1 aromatic carbocycles. The first-order chi connectivity index (χ1) is 20.0. The molecule has 2 unspecified atom stereocenters. The highest BCUT2D eigenvalue weighted by Gasteiger charge is 2.45. The molecular weight excluding hydrogens is 501 g/mol. The van der Waals surface area contributed by atoms with Gasteiger partial charge in [-0.3, -0.25) is 9.37 Å². The van der Waals surface area contributed by atoms with Gasteiger partial charge in [-0.15, -0.1) is 6.42 Å². The molecule has 0 amide bonds. The van der Waals surface area contributed by atoms with Crippen LogP contribution in [0.15, 0.2) is 53.6 Å². The van der Waals surface area contributed by atoms with Crippen molar-refractivity contribution in [1.82, 2.24) is 4.98 Å². The van der Waals surface area contributed by atoms with Crippen LogP contribution in [0.4, 0.5) is 4.39 Å². The molecule has 1 heterocycles. The third-order valence-electron chi connectivity index (χ3n) is 10.0. The number of pyridine rings is 1. The van der Waals surface area contributed by atoms with E-state index in [-0.39, 0.29) is 12.6 Å². The number of hydrogen-bond donors (Lipinski definition) is 0. The maximum atomic E-state index is 10.3. The number of fused-ring (bicyclic) bond motifs is 1. The molecule has 4 aliphatic rings. The molecule has 0 N–H and O–H groups in total. The Morgan fingerprint density at radius 1 is 1.02 bits per heavy atom. The Morgan fingerprint density at radius 2 is 1.71 bits per heavy atom. The summed E-state index contributed by atoms with van der Waals surface area (Å²) in [5.41, 5.74) is 12.0. The molecular formula is C39H52FN. The summed E-state index contributed by atoms with van der Waals surface area (Å²) in [7, 11) is 0. The summed E-state index contributed by atoms with van der Waals surface area (Å²) < 4.78 is 10.3. The van der Waals surface area contributed by atoms with Crippen molar-refractivity contribution in [3.63, 3.8) is 0 Å². The van der Waals surface area contributed by atoms with Gasteiger partial charge in [0.05, 0.1) is 6.67 Å². The summed E-state index contributed by atoms with van der Waals surface area (Å²) in [5.74, 6) is 4.40. The number of rotatable bonds is 5. The van der Waals surface area contributed by atoms with Crippen LogP contribution in [0.5, 0.6) is 0 Å². The summed E-state index contributed by atoms with van der Waals surface area (Å²) in [4.78, 5) is 5.67. The van der Waals surface area contributed by atoms with Crippen LogP contribution in [-0.2, 0) is 6.42 Å². The van der Waals surface area contributed by atoms with E-state index in [2.05, 4.69) is 62.3 Å². The first kappa shape index (κ1) is 31.3. The largest absolute Gasteiger partial charge is 0.257 e. The molecule has 1 spiro atoms. The molecule has 0 bridgehead atoms. The first-order valence-corrected chi connectivity index (χ1v) is 16.6. The van der Waals surface area contributed by atoms with Crippen molar-refractivity contribution in [2.45, 2.75) is 129 Å². The van der Waals surface area contributed by atoms with E-state index < -0.39 is 0 Å². The summed E-state index contributed by atoms with van der Waals surface area (Å²) in [5, 5.41) is 0. The quantitative estimate of drug-likeness (QED) is 0.336. The zero-order valence-electron chi connectivity index (χ0n) is 26.4. The van der Waals surface area contributed by atoms with Gasteiger partial charge in [0.1, 0.15) is 0 Å². The van der Waals surface area contributed by atoms with Crippen LogP contribution >= 0.6 is 0 Å². The van der Waals surface area contributed by atoms with Crippen LogP contribution in [0.1, 0.15) is 146 Å². The zero-order valence-corrected chi connectivity index (χ0v) is 26.4. The van der Waals surface area contributed by atoms with Crippen LogP contribution in [-0.4, -0.2) is 11.7 Å². The van der Waals surface area contributed by atoms with E-state index in [1.165, 1.54) is 91.9 Å². The molecule has 0 saturated heterocycles. The van der Waals surface area contributed by atoms with Gasteiger partial charge >= 0.3 is 0 Å². The average molecular weight is 554 g/mol. The molecule has 0 radical (unpaired) electrons. The molecule has 2 fully saturated rings. The SMILES string of the molecule is C#CC1CC2(CCC2)Cc2nc(C3CCCC3)c(C(C)C3=CC=C(CC)CC3)c(-c3ccccc3)c21.CC.CCF. The van der Waals surface area contributed by atoms with E-state index >= 15 is 0 Å². The summed E-state index contributed by atoms with van der Waals surface area (Å²) >= 11 is 0. The molecule has 4 aliphatic carbocycles. The minimum atomic E-state index is -0.250. The number of aromatic nitrogens is 1. The van der Waals surface area contributed by atoms with Gasteiger partial charge in [-0.05, 0) is 92.4 Å². The van der Waals surface area contributed by atoms with Crippen LogP contribution < -0.4 is 0 Å². The van der Waals surface area contributed by atoms with Gasteiger partial charge in [-0.25, -0.2) is 0 Å². The van der Waals surface area contributed by atoms with Gasteiger partial charge in [-0.2, -0.15) is 0 Å². The van der Waals surface area contributed by atoms with Gasteiger partial charge in [0.2, 0.25) is 0 Å². The lowest BCUT2D eigenvalue weighted by atomic mass is 9.57. The lowest BCUT2D eigenvalue weighted by Crippen LogP contribution is -2.38. The van der Waals surface area contributed by atoms with Gasteiger partial charge in [0, 0.05) is 29.1 Å². The van der Waals surface area contributed by atoms with E-state index in [4.69, 9.17) is 11.4 Å². The number of alkyl halides is 1. The van der Waals surface area contributed by atoms with Gasteiger partial charge < -0.3 is 0 Å². The minimum Gasteiger partial charge on any atom is -0.257 e. The molecule has 1 nitrogen and oxygen atoms in total. The lowest BCUT2D eigenvalue weighted by Gasteiger charge is -2.48. The third kappa shape index (κ3) is 6.56. The van der Waals surface area contributed by atoms with Crippen molar-refractivity contribution in [2.24, 2.45) is 5.41 Å². The molecule has 2 saturated carbocycles. The Hall–Kier alpha value is -2.66. The Morgan fingerprint density at radius 3 is 2.24 bits per heavy atom. The fourth-order valence-corrected chi connectivity index (χ4v) is 7.76. The van der Waals surface area contributed by atoms with Crippen molar-refractivity contribution in [3.8, 4) is 23.5 Å². The molecule has 2 aromatic rings. The highest BCUT2D eigenvalue weighted by Crippen LogP contribution is 2.57. The van der Waals surface area contributed by atoms with E-state index in [0.717, 1.165) is 25.7 Å². The van der Waals surface area contributed by atoms with Crippen molar-refractivity contribution < 1.29 is 4.39 Å². The molecule has 220 valence electrons. The van der Waals surface area contributed by atoms with Crippen LogP contribution in [0.2, 0.25) is 0 Å². The molecule has 6 rings (SSSR count). The first-order valence-electron chi connectivity index (χ1n) is 16.6. The van der Waals surface area contributed by atoms with Gasteiger partial charge in [-0.1, -0.05) is 107 Å². The Labute approximate surface area is 250 Å². The molecule has 2 atom stereocenters. The van der Waals surface area contributed by atoms with Gasteiger partial charge in [0.25, 0.3) is 0 Å². The van der Waals surface area contributed by atoms with Crippen molar-refractivity contribution >= 4 is 0 Å². The normalized spacial score (nSPS) is 21.5. The minimum absolute atomic E-state index is 0.173. The van der Waals surface area contributed by atoms with E-state index in [1.807, 2.05) is 13.8 Å². The van der Waals surface area contributed by atoms with Crippen LogP contribution in [0.25, 0.3) is 11.1 Å². The number of hydrogen-bond acceptors (Lipinski definition) is 1. The topological polar surface area (TPSA) is 12.9 Å². The Bertz CT molecular complexity index is 1250. The second-order valence-corrected chi connectivity index (χ2v) is 12.4. The number of nitrogens with zero attached hydrogens (tertiary/aromatic N) is 1. The standard InChI is InChI=1S/C35H41N.C2H5F.C2H6/c1-4-25-16-18-27(19-17-25)24(3)31-33(28-12-7-6-8-13-28)32-26(5-2)22-35(20-11-21-35)23-30(32)36-34(31)29-14-9-10-15-29;1-2-3;1-2/h2,6-8,12-13,16,18,24,26,29H,4,9-11,14-15,17,19-23H2,1,3H3;2H2,1H3;1-2H3. The molecule has 0 aliphatic heterocycles. The average Bonchev–Trinajstić information content (AvgIpc) is 3.55. The third-order valence-corrected chi connectivity index (χ3v) is 10.0. The Kier molecular flexibility index (Phi) is 11.1. The predicted octanol–water partition coefficient (Wildman–Crippen LogP) is 11.4. The monoisotopic (exact) mass is 553 g/mol. The highest BCUT2D eigenvalue weighted by molar-refractivity contribution is 5.76. The van der Waals surface area contributed by atoms with Crippen molar-refractivity contribution in [2.75, 3.05) is 6.67 Å². The molecule has 1 aromatic heterocycles.